The Balaban J connectivity index is 2.64. The van der Waals surface area contributed by atoms with Crippen molar-refractivity contribution in [2.75, 3.05) is 5.32 Å². The first-order valence-electron chi connectivity index (χ1n) is 6.42. The zero-order valence-corrected chi connectivity index (χ0v) is 11.8. The van der Waals surface area contributed by atoms with Crippen LogP contribution in [0.1, 0.15) is 40.4 Å². The van der Waals surface area contributed by atoms with Crippen molar-refractivity contribution in [1.82, 2.24) is 9.97 Å². The van der Waals surface area contributed by atoms with Gasteiger partial charge in [0.1, 0.15) is 11.6 Å². The van der Waals surface area contributed by atoms with E-state index >= 15 is 0 Å². The largest absolute Gasteiger partial charge is 0.367 e. The summed E-state index contributed by atoms with van der Waals surface area (Å²) in [6.45, 7) is 10.6. The van der Waals surface area contributed by atoms with Crippen molar-refractivity contribution >= 4 is 16.7 Å². The van der Waals surface area contributed by atoms with Crippen LogP contribution in [0.2, 0.25) is 0 Å². The van der Waals surface area contributed by atoms with Crippen molar-refractivity contribution in [3.05, 3.63) is 30.1 Å². The first-order valence-corrected chi connectivity index (χ1v) is 6.42. The Morgan fingerprint density at radius 1 is 1.06 bits per heavy atom. The predicted molar refractivity (Wildman–Crippen MR) is 77.0 cm³/mol. The number of fused-ring (bicyclic) bond motifs is 1. The molecule has 0 bridgehead atoms. The lowest BCUT2D eigenvalue weighted by Crippen LogP contribution is -2.19. The first kappa shape index (κ1) is 12.8. The highest BCUT2D eigenvalue weighted by atomic mass is 15.1. The van der Waals surface area contributed by atoms with Crippen LogP contribution in [0.15, 0.2) is 24.3 Å². The Bertz CT molecular complexity index is 553. The maximum atomic E-state index is 4.69. The minimum absolute atomic E-state index is 0.0442. The lowest BCUT2D eigenvalue weighted by atomic mass is 9.95. The van der Waals surface area contributed by atoms with Gasteiger partial charge in [-0.3, -0.25) is 0 Å². The SMILES string of the molecule is CC(C)Nc1nc(C(C)(C)C)nc2ccccc12. The van der Waals surface area contributed by atoms with Gasteiger partial charge in [-0.1, -0.05) is 32.9 Å². The first-order chi connectivity index (χ1) is 8.38. The van der Waals surface area contributed by atoms with E-state index in [0.29, 0.717) is 6.04 Å². The van der Waals surface area contributed by atoms with Gasteiger partial charge in [-0.2, -0.15) is 0 Å². The Labute approximate surface area is 109 Å². The summed E-state index contributed by atoms with van der Waals surface area (Å²) in [5.74, 6) is 1.81. The van der Waals surface area contributed by atoms with Gasteiger partial charge in [0.2, 0.25) is 0 Å². The second-order valence-corrected chi connectivity index (χ2v) is 5.96. The van der Waals surface area contributed by atoms with Gasteiger partial charge in [0.05, 0.1) is 5.52 Å². The summed E-state index contributed by atoms with van der Waals surface area (Å²) in [4.78, 5) is 9.35. The molecule has 0 aliphatic heterocycles. The van der Waals surface area contributed by atoms with Gasteiger partial charge in [0, 0.05) is 16.8 Å². The second-order valence-electron chi connectivity index (χ2n) is 5.96. The Hall–Kier alpha value is -1.64. The number of hydrogen-bond acceptors (Lipinski definition) is 3. The number of hydrogen-bond donors (Lipinski definition) is 1. The molecule has 0 spiro atoms. The van der Waals surface area contributed by atoms with E-state index in [0.717, 1.165) is 22.5 Å². The summed E-state index contributed by atoms with van der Waals surface area (Å²) in [6.07, 6.45) is 0. The van der Waals surface area contributed by atoms with E-state index in [9.17, 15) is 0 Å². The zero-order chi connectivity index (χ0) is 13.3. The average Bonchev–Trinajstić information content (AvgIpc) is 2.27. The quantitative estimate of drug-likeness (QED) is 0.873. The molecular formula is C15H21N3. The third-order valence-corrected chi connectivity index (χ3v) is 2.70. The molecule has 2 rings (SSSR count). The van der Waals surface area contributed by atoms with E-state index < -0.39 is 0 Å². The van der Waals surface area contributed by atoms with Crippen LogP contribution in [0, 0.1) is 0 Å². The van der Waals surface area contributed by atoms with Crippen LogP contribution in [-0.2, 0) is 5.41 Å². The number of nitrogens with one attached hydrogen (secondary N) is 1. The van der Waals surface area contributed by atoms with Gasteiger partial charge in [0.25, 0.3) is 0 Å². The fourth-order valence-electron chi connectivity index (χ4n) is 1.80. The molecule has 0 unspecified atom stereocenters. The summed E-state index contributed by atoms with van der Waals surface area (Å²) >= 11 is 0. The third-order valence-electron chi connectivity index (χ3n) is 2.70. The minimum Gasteiger partial charge on any atom is -0.367 e. The molecule has 18 heavy (non-hydrogen) atoms. The second kappa shape index (κ2) is 4.56. The Morgan fingerprint density at radius 2 is 1.72 bits per heavy atom. The number of aromatic nitrogens is 2. The number of rotatable bonds is 2. The van der Waals surface area contributed by atoms with Crippen LogP contribution in [0.5, 0.6) is 0 Å². The van der Waals surface area contributed by atoms with Crippen molar-refractivity contribution in [3.8, 4) is 0 Å². The van der Waals surface area contributed by atoms with E-state index in [2.05, 4.69) is 51.0 Å². The lowest BCUT2D eigenvalue weighted by Gasteiger charge is -2.20. The lowest BCUT2D eigenvalue weighted by molar-refractivity contribution is 0.548. The molecule has 2 aromatic rings. The molecule has 1 N–H and O–H groups in total. The predicted octanol–water partition coefficient (Wildman–Crippen LogP) is 3.75. The minimum atomic E-state index is -0.0442. The molecule has 0 aliphatic rings. The summed E-state index contributed by atoms with van der Waals surface area (Å²) in [5.41, 5.74) is 0.956. The fraction of sp³-hybridized carbons (Fsp3) is 0.467. The van der Waals surface area contributed by atoms with E-state index in [1.165, 1.54) is 0 Å². The molecule has 0 atom stereocenters. The van der Waals surface area contributed by atoms with Crippen LogP contribution in [0.4, 0.5) is 5.82 Å². The van der Waals surface area contributed by atoms with Crippen LogP contribution in [-0.4, -0.2) is 16.0 Å². The number of benzene rings is 1. The van der Waals surface area contributed by atoms with Crippen LogP contribution in [0.3, 0.4) is 0 Å². The molecule has 1 heterocycles. The molecular weight excluding hydrogens is 222 g/mol. The van der Waals surface area contributed by atoms with Crippen molar-refractivity contribution in [3.63, 3.8) is 0 Å². The van der Waals surface area contributed by atoms with Crippen LogP contribution < -0.4 is 5.32 Å². The van der Waals surface area contributed by atoms with Gasteiger partial charge >= 0.3 is 0 Å². The molecule has 1 aromatic carbocycles. The number of para-hydroxylation sites is 1. The van der Waals surface area contributed by atoms with Crippen molar-refractivity contribution in [2.45, 2.75) is 46.1 Å². The van der Waals surface area contributed by atoms with E-state index in [-0.39, 0.29) is 5.41 Å². The maximum Gasteiger partial charge on any atom is 0.137 e. The van der Waals surface area contributed by atoms with Crippen LogP contribution >= 0.6 is 0 Å². The Kier molecular flexibility index (Phi) is 3.24. The summed E-state index contributed by atoms with van der Waals surface area (Å²) in [7, 11) is 0. The highest BCUT2D eigenvalue weighted by molar-refractivity contribution is 5.89. The summed E-state index contributed by atoms with van der Waals surface area (Å²) in [6, 6.07) is 8.50. The molecule has 0 saturated carbocycles. The Morgan fingerprint density at radius 3 is 2.33 bits per heavy atom. The van der Waals surface area contributed by atoms with Gasteiger partial charge in [-0.25, -0.2) is 9.97 Å². The van der Waals surface area contributed by atoms with E-state index in [4.69, 9.17) is 4.98 Å². The molecule has 3 nitrogen and oxygen atoms in total. The molecule has 1 aromatic heterocycles. The molecule has 0 fully saturated rings. The topological polar surface area (TPSA) is 37.8 Å². The molecule has 96 valence electrons. The van der Waals surface area contributed by atoms with Crippen LogP contribution in [0.25, 0.3) is 10.9 Å². The highest BCUT2D eigenvalue weighted by Crippen LogP contribution is 2.26. The monoisotopic (exact) mass is 243 g/mol. The smallest absolute Gasteiger partial charge is 0.137 e. The third kappa shape index (κ3) is 2.61. The fourth-order valence-corrected chi connectivity index (χ4v) is 1.80. The highest BCUT2D eigenvalue weighted by Gasteiger charge is 2.19. The molecule has 0 saturated heterocycles. The average molecular weight is 243 g/mol. The molecule has 0 amide bonds. The van der Waals surface area contributed by atoms with Gasteiger partial charge in [0.15, 0.2) is 0 Å². The van der Waals surface area contributed by atoms with Gasteiger partial charge in [-0.15, -0.1) is 0 Å². The van der Waals surface area contributed by atoms with E-state index in [1.807, 2.05) is 18.2 Å². The van der Waals surface area contributed by atoms with Crippen molar-refractivity contribution in [2.24, 2.45) is 0 Å². The normalized spacial score (nSPS) is 12.1. The van der Waals surface area contributed by atoms with Gasteiger partial charge in [-0.05, 0) is 26.0 Å². The number of nitrogens with zero attached hydrogens (tertiary/aromatic N) is 2. The standard InChI is InChI=1S/C15H21N3/c1-10(2)16-13-11-8-6-7-9-12(11)17-14(18-13)15(3,4)5/h6-10H,1-5H3,(H,16,17,18). The van der Waals surface area contributed by atoms with E-state index in [1.54, 1.807) is 0 Å². The van der Waals surface area contributed by atoms with Crippen molar-refractivity contribution < 1.29 is 0 Å². The maximum absolute atomic E-state index is 4.69. The molecule has 0 radical (unpaired) electrons. The van der Waals surface area contributed by atoms with Gasteiger partial charge < -0.3 is 5.32 Å². The zero-order valence-electron chi connectivity index (χ0n) is 11.8. The number of anilines is 1. The summed E-state index contributed by atoms with van der Waals surface area (Å²) in [5, 5.41) is 4.49. The van der Waals surface area contributed by atoms with Crippen molar-refractivity contribution in [1.29, 1.82) is 0 Å². The molecule has 0 aliphatic carbocycles. The molecule has 3 heteroatoms. The summed E-state index contributed by atoms with van der Waals surface area (Å²) < 4.78 is 0.